The molecule has 88 valence electrons. The van der Waals surface area contributed by atoms with E-state index in [4.69, 9.17) is 5.11 Å². The van der Waals surface area contributed by atoms with Gasteiger partial charge in [-0.15, -0.1) is 0 Å². The number of hydrogen-bond donors (Lipinski definition) is 3. The Labute approximate surface area is 90.2 Å². The van der Waals surface area contributed by atoms with Gasteiger partial charge in [0.2, 0.25) is 5.91 Å². The molecule has 15 heavy (non-hydrogen) atoms. The first-order valence-corrected chi connectivity index (χ1v) is 5.03. The van der Waals surface area contributed by atoms with E-state index in [1.807, 2.05) is 13.8 Å². The van der Waals surface area contributed by atoms with Crippen molar-refractivity contribution >= 4 is 11.9 Å². The molecule has 0 aromatic rings. The first-order chi connectivity index (χ1) is 6.75. The van der Waals surface area contributed by atoms with Crippen LogP contribution in [0, 0.1) is 0 Å². The van der Waals surface area contributed by atoms with Gasteiger partial charge in [0, 0.05) is 19.0 Å². The number of nitrogens with one attached hydrogen (secondary N) is 2. The molecule has 0 bridgehead atoms. The van der Waals surface area contributed by atoms with Crippen molar-refractivity contribution in [1.29, 1.82) is 0 Å². The van der Waals surface area contributed by atoms with Crippen LogP contribution >= 0.6 is 0 Å². The fourth-order valence-corrected chi connectivity index (χ4v) is 0.958. The summed E-state index contributed by atoms with van der Waals surface area (Å²) in [5.74, 6) is -0.995. The Bertz CT molecular complexity index is 237. The molecule has 0 aliphatic rings. The molecule has 0 atom stereocenters. The maximum Gasteiger partial charge on any atom is 0.323 e. The minimum Gasteiger partial charge on any atom is -0.480 e. The van der Waals surface area contributed by atoms with E-state index in [-0.39, 0.29) is 18.4 Å². The Balaban J connectivity index is 3.80. The fraction of sp³-hybridized carbons (Fsp3) is 0.800. The van der Waals surface area contributed by atoms with Gasteiger partial charge in [-0.1, -0.05) is 0 Å². The standard InChI is InChI=1S/C10H20N2O3/c1-7(2)12-8(13)5-6-11-10(3,4)9(14)15/h7,11H,5-6H2,1-4H3,(H,12,13)(H,14,15). The molecule has 0 rings (SSSR count). The van der Waals surface area contributed by atoms with Gasteiger partial charge in [0.15, 0.2) is 0 Å². The average molecular weight is 216 g/mol. The van der Waals surface area contributed by atoms with Gasteiger partial charge < -0.3 is 15.7 Å². The normalized spacial score (nSPS) is 11.5. The zero-order valence-electron chi connectivity index (χ0n) is 9.76. The van der Waals surface area contributed by atoms with Crippen molar-refractivity contribution in [2.45, 2.75) is 45.7 Å². The second-order valence-corrected chi connectivity index (χ2v) is 4.33. The molecule has 0 fully saturated rings. The van der Waals surface area contributed by atoms with Crippen LogP contribution in [0.25, 0.3) is 0 Å². The van der Waals surface area contributed by atoms with E-state index in [1.54, 1.807) is 13.8 Å². The Morgan fingerprint density at radius 3 is 2.27 bits per heavy atom. The number of carbonyl (C=O) groups is 2. The lowest BCUT2D eigenvalue weighted by atomic mass is 10.1. The van der Waals surface area contributed by atoms with Gasteiger partial charge in [-0.05, 0) is 27.7 Å². The second kappa shape index (κ2) is 5.70. The fourth-order valence-electron chi connectivity index (χ4n) is 0.958. The molecule has 1 amide bonds. The molecule has 0 aromatic carbocycles. The van der Waals surface area contributed by atoms with Crippen LogP contribution in [0.15, 0.2) is 0 Å². The van der Waals surface area contributed by atoms with E-state index in [0.29, 0.717) is 6.54 Å². The quantitative estimate of drug-likeness (QED) is 0.599. The van der Waals surface area contributed by atoms with E-state index >= 15 is 0 Å². The second-order valence-electron chi connectivity index (χ2n) is 4.33. The van der Waals surface area contributed by atoms with Crippen molar-refractivity contribution in [1.82, 2.24) is 10.6 Å². The van der Waals surface area contributed by atoms with Crippen LogP contribution in [0.1, 0.15) is 34.1 Å². The average Bonchev–Trinajstić information content (AvgIpc) is 2.01. The molecule has 0 saturated carbocycles. The van der Waals surface area contributed by atoms with Gasteiger partial charge in [-0.3, -0.25) is 9.59 Å². The number of amides is 1. The van der Waals surface area contributed by atoms with Crippen LogP contribution in [-0.4, -0.2) is 35.1 Å². The van der Waals surface area contributed by atoms with Crippen molar-refractivity contribution in [2.75, 3.05) is 6.54 Å². The van der Waals surface area contributed by atoms with E-state index in [9.17, 15) is 9.59 Å². The van der Waals surface area contributed by atoms with Gasteiger partial charge in [-0.2, -0.15) is 0 Å². The Kier molecular flexibility index (Phi) is 5.28. The lowest BCUT2D eigenvalue weighted by molar-refractivity contribution is -0.143. The highest BCUT2D eigenvalue weighted by molar-refractivity contribution is 5.78. The summed E-state index contributed by atoms with van der Waals surface area (Å²) in [6.07, 6.45) is 0.287. The molecular formula is C10H20N2O3. The smallest absolute Gasteiger partial charge is 0.323 e. The summed E-state index contributed by atoms with van der Waals surface area (Å²) in [7, 11) is 0. The first-order valence-electron chi connectivity index (χ1n) is 5.03. The highest BCUT2D eigenvalue weighted by atomic mass is 16.4. The monoisotopic (exact) mass is 216 g/mol. The Hall–Kier alpha value is -1.10. The molecule has 5 heteroatoms. The maximum atomic E-state index is 11.2. The van der Waals surface area contributed by atoms with Crippen LogP contribution in [-0.2, 0) is 9.59 Å². The van der Waals surface area contributed by atoms with Gasteiger partial charge in [0.25, 0.3) is 0 Å². The summed E-state index contributed by atoms with van der Waals surface area (Å²) >= 11 is 0. The Morgan fingerprint density at radius 1 is 1.33 bits per heavy atom. The van der Waals surface area contributed by atoms with Crippen LogP contribution in [0.3, 0.4) is 0 Å². The molecule has 0 spiro atoms. The summed E-state index contributed by atoms with van der Waals surface area (Å²) in [4.78, 5) is 21.9. The predicted molar refractivity (Wildman–Crippen MR) is 57.6 cm³/mol. The lowest BCUT2D eigenvalue weighted by Crippen LogP contribution is -2.48. The number of carboxylic acid groups (broad SMARTS) is 1. The zero-order valence-corrected chi connectivity index (χ0v) is 9.76. The molecular weight excluding hydrogens is 196 g/mol. The van der Waals surface area contributed by atoms with E-state index in [0.717, 1.165) is 0 Å². The van der Waals surface area contributed by atoms with Crippen molar-refractivity contribution in [3.8, 4) is 0 Å². The largest absolute Gasteiger partial charge is 0.480 e. The van der Waals surface area contributed by atoms with E-state index in [2.05, 4.69) is 10.6 Å². The molecule has 0 unspecified atom stereocenters. The minimum atomic E-state index is -0.988. The summed E-state index contributed by atoms with van der Waals surface area (Å²) in [6.45, 7) is 7.25. The van der Waals surface area contributed by atoms with Gasteiger partial charge in [-0.25, -0.2) is 0 Å². The van der Waals surface area contributed by atoms with Crippen LogP contribution in [0.2, 0.25) is 0 Å². The van der Waals surface area contributed by atoms with Gasteiger partial charge in [0.1, 0.15) is 5.54 Å². The van der Waals surface area contributed by atoms with Crippen LogP contribution in [0.4, 0.5) is 0 Å². The Morgan fingerprint density at radius 2 is 1.87 bits per heavy atom. The SMILES string of the molecule is CC(C)NC(=O)CCNC(C)(C)C(=O)O. The third-order valence-electron chi connectivity index (χ3n) is 1.90. The predicted octanol–water partition coefficient (Wildman–Crippen LogP) is 0.354. The number of hydrogen-bond acceptors (Lipinski definition) is 3. The molecule has 0 heterocycles. The van der Waals surface area contributed by atoms with Gasteiger partial charge in [0.05, 0.1) is 0 Å². The van der Waals surface area contributed by atoms with Crippen molar-refractivity contribution in [3.63, 3.8) is 0 Å². The van der Waals surface area contributed by atoms with Crippen LogP contribution < -0.4 is 10.6 Å². The minimum absolute atomic E-state index is 0.0707. The van der Waals surface area contributed by atoms with Crippen molar-refractivity contribution in [2.24, 2.45) is 0 Å². The summed E-state index contributed by atoms with van der Waals surface area (Å²) in [5, 5.41) is 14.3. The lowest BCUT2D eigenvalue weighted by Gasteiger charge is -2.20. The third kappa shape index (κ3) is 6.06. The van der Waals surface area contributed by atoms with Crippen molar-refractivity contribution < 1.29 is 14.7 Å². The van der Waals surface area contributed by atoms with E-state index in [1.165, 1.54) is 0 Å². The number of rotatable bonds is 6. The highest BCUT2D eigenvalue weighted by Crippen LogP contribution is 2.01. The number of carbonyl (C=O) groups excluding carboxylic acids is 1. The molecule has 3 N–H and O–H groups in total. The molecule has 0 aliphatic carbocycles. The molecule has 0 saturated heterocycles. The third-order valence-corrected chi connectivity index (χ3v) is 1.90. The van der Waals surface area contributed by atoms with Crippen LogP contribution in [0.5, 0.6) is 0 Å². The molecule has 0 aliphatic heterocycles. The van der Waals surface area contributed by atoms with Gasteiger partial charge >= 0.3 is 5.97 Å². The topological polar surface area (TPSA) is 78.4 Å². The number of carboxylic acids is 1. The maximum absolute atomic E-state index is 11.2. The highest BCUT2D eigenvalue weighted by Gasteiger charge is 2.25. The summed E-state index contributed by atoms with van der Waals surface area (Å²) < 4.78 is 0. The summed E-state index contributed by atoms with van der Waals surface area (Å²) in [5.41, 5.74) is -0.988. The molecule has 0 radical (unpaired) electrons. The first kappa shape index (κ1) is 13.9. The summed E-state index contributed by atoms with van der Waals surface area (Å²) in [6, 6.07) is 0.116. The van der Waals surface area contributed by atoms with Crippen molar-refractivity contribution in [3.05, 3.63) is 0 Å². The molecule has 5 nitrogen and oxygen atoms in total. The molecule has 0 aromatic heterocycles. The van der Waals surface area contributed by atoms with E-state index < -0.39 is 11.5 Å². The number of aliphatic carboxylic acids is 1. The zero-order chi connectivity index (χ0) is 12.1.